The number of hydrogen-bond donors (Lipinski definition) is 2. The Bertz CT molecular complexity index is 450. The number of amides is 1. The molecule has 0 fully saturated rings. The number of carbonyl (C=O) groups is 1. The number of nitrogens with zero attached hydrogens (tertiary/aromatic N) is 1. The van der Waals surface area contributed by atoms with Gasteiger partial charge < -0.3 is 10.2 Å². The first-order chi connectivity index (χ1) is 8.84. The minimum absolute atomic E-state index is 0.301. The van der Waals surface area contributed by atoms with E-state index >= 15 is 0 Å². The Morgan fingerprint density at radius 2 is 2.00 bits per heavy atom. The van der Waals surface area contributed by atoms with Gasteiger partial charge in [0.15, 0.2) is 5.72 Å². The molecule has 0 bridgehead atoms. The Morgan fingerprint density at radius 3 is 2.42 bits per heavy atom. The smallest absolute Gasteiger partial charge is 0.410 e. The summed E-state index contributed by atoms with van der Waals surface area (Å²) in [4.78, 5) is 12.6. The molecule has 0 spiro atoms. The molecule has 1 rings (SSSR count). The molecule has 1 atom stereocenters. The van der Waals surface area contributed by atoms with Crippen LogP contribution in [0.25, 0.3) is 0 Å². The minimum Gasteiger partial charge on any atom is -0.465 e. The number of halogens is 1. The van der Waals surface area contributed by atoms with Gasteiger partial charge in [-0.05, 0) is 48.9 Å². The van der Waals surface area contributed by atoms with Gasteiger partial charge in [0.2, 0.25) is 0 Å². The summed E-state index contributed by atoms with van der Waals surface area (Å²) >= 11 is 2.13. The van der Waals surface area contributed by atoms with Crippen molar-refractivity contribution in [3.63, 3.8) is 0 Å². The molecular weight excluding hydrogens is 357 g/mol. The fourth-order valence-electron chi connectivity index (χ4n) is 2.33. The lowest BCUT2D eigenvalue weighted by Crippen LogP contribution is -2.52. The van der Waals surface area contributed by atoms with Gasteiger partial charge in [-0.15, -0.1) is 0 Å². The van der Waals surface area contributed by atoms with Gasteiger partial charge >= 0.3 is 6.09 Å². The van der Waals surface area contributed by atoms with Crippen LogP contribution < -0.4 is 0 Å². The molecule has 0 aliphatic heterocycles. The normalized spacial score (nSPS) is 14.2. The van der Waals surface area contributed by atoms with E-state index in [0.717, 1.165) is 8.47 Å². The Morgan fingerprint density at radius 1 is 1.42 bits per heavy atom. The van der Waals surface area contributed by atoms with Crippen molar-refractivity contribution < 1.29 is 15.0 Å². The van der Waals surface area contributed by atoms with Gasteiger partial charge in [-0.1, -0.05) is 31.5 Å². The summed E-state index contributed by atoms with van der Waals surface area (Å²) in [6.45, 7) is 5.47. The van der Waals surface area contributed by atoms with Crippen molar-refractivity contribution in [3.05, 3.63) is 33.4 Å². The van der Waals surface area contributed by atoms with Crippen molar-refractivity contribution in [3.8, 4) is 0 Å². The highest BCUT2D eigenvalue weighted by Crippen LogP contribution is 2.35. The van der Waals surface area contributed by atoms with Crippen LogP contribution >= 0.6 is 22.6 Å². The molecule has 5 heteroatoms. The lowest BCUT2D eigenvalue weighted by Gasteiger charge is -2.41. The summed E-state index contributed by atoms with van der Waals surface area (Å²) in [6, 6.07) is 7.05. The van der Waals surface area contributed by atoms with Crippen molar-refractivity contribution in [1.29, 1.82) is 0 Å². The van der Waals surface area contributed by atoms with Gasteiger partial charge in [-0.3, -0.25) is 4.90 Å². The molecule has 2 N–H and O–H groups in total. The first-order valence-corrected chi connectivity index (χ1v) is 7.42. The highest BCUT2D eigenvalue weighted by atomic mass is 127. The topological polar surface area (TPSA) is 60.8 Å². The van der Waals surface area contributed by atoms with Crippen molar-refractivity contribution >= 4 is 28.7 Å². The van der Waals surface area contributed by atoms with Crippen LogP contribution in [-0.2, 0) is 5.72 Å². The molecule has 4 nitrogen and oxygen atoms in total. The molecule has 0 radical (unpaired) electrons. The maximum absolute atomic E-state index is 11.5. The molecule has 0 heterocycles. The minimum atomic E-state index is -1.48. The zero-order valence-corrected chi connectivity index (χ0v) is 13.6. The third-order valence-corrected chi connectivity index (χ3v) is 3.97. The van der Waals surface area contributed by atoms with Gasteiger partial charge in [0.05, 0.1) is 0 Å². The summed E-state index contributed by atoms with van der Waals surface area (Å²) in [5.74, 6) is 0. The fraction of sp³-hybridized carbons (Fsp3) is 0.500. The van der Waals surface area contributed by atoms with Crippen LogP contribution in [0.1, 0.15) is 39.2 Å². The molecule has 0 saturated heterocycles. The number of rotatable bonds is 5. The predicted octanol–water partition coefficient (Wildman–Crippen LogP) is 3.62. The van der Waals surface area contributed by atoms with E-state index in [0.29, 0.717) is 18.4 Å². The quantitative estimate of drug-likeness (QED) is 0.609. The second-order valence-electron chi connectivity index (χ2n) is 4.79. The van der Waals surface area contributed by atoms with Gasteiger partial charge in [0.25, 0.3) is 0 Å². The summed E-state index contributed by atoms with van der Waals surface area (Å²) < 4.78 is 0.864. The lowest BCUT2D eigenvalue weighted by atomic mass is 9.95. The number of carboxylic acid groups (broad SMARTS) is 1. The second kappa shape index (κ2) is 6.56. The van der Waals surface area contributed by atoms with E-state index in [1.54, 1.807) is 19.9 Å². The van der Waals surface area contributed by atoms with E-state index in [-0.39, 0.29) is 6.04 Å². The van der Waals surface area contributed by atoms with E-state index < -0.39 is 11.8 Å². The third-order valence-electron chi connectivity index (χ3n) is 3.02. The average Bonchev–Trinajstić information content (AvgIpc) is 2.28. The molecule has 1 aromatic rings. The standard InChI is InChI=1S/C14H20INO3/c1-4-9-14(19,16(10(2)3)13(17)18)11-7-5-6-8-12(11)15/h5-8,10,19H,4,9H2,1-3H3,(H,17,18)/t14-/m0/s1. The second-order valence-corrected chi connectivity index (χ2v) is 5.95. The van der Waals surface area contributed by atoms with Crippen LogP contribution in [0.2, 0.25) is 0 Å². The monoisotopic (exact) mass is 377 g/mol. The zero-order chi connectivity index (χ0) is 14.6. The highest BCUT2D eigenvalue weighted by molar-refractivity contribution is 14.1. The number of hydrogen-bond acceptors (Lipinski definition) is 2. The number of benzene rings is 1. The van der Waals surface area contributed by atoms with Crippen molar-refractivity contribution in [1.82, 2.24) is 4.90 Å². The molecule has 0 aromatic heterocycles. The van der Waals surface area contributed by atoms with Crippen LogP contribution in [0.5, 0.6) is 0 Å². The first-order valence-electron chi connectivity index (χ1n) is 6.34. The van der Waals surface area contributed by atoms with Crippen molar-refractivity contribution in [2.45, 2.75) is 45.4 Å². The van der Waals surface area contributed by atoms with Crippen molar-refractivity contribution in [2.75, 3.05) is 0 Å². The van der Waals surface area contributed by atoms with Crippen LogP contribution in [0, 0.1) is 3.57 Å². The predicted molar refractivity (Wildman–Crippen MR) is 83.0 cm³/mol. The third kappa shape index (κ3) is 3.39. The Kier molecular flexibility index (Phi) is 5.61. The molecule has 0 unspecified atom stereocenters. The highest BCUT2D eigenvalue weighted by Gasteiger charge is 2.41. The van der Waals surface area contributed by atoms with E-state index in [2.05, 4.69) is 22.6 Å². The van der Waals surface area contributed by atoms with Crippen LogP contribution in [-0.4, -0.2) is 27.2 Å². The van der Waals surface area contributed by atoms with E-state index in [1.807, 2.05) is 25.1 Å². The average molecular weight is 377 g/mol. The maximum Gasteiger partial charge on any atom is 0.410 e. The summed E-state index contributed by atoms with van der Waals surface area (Å²) in [6.07, 6.45) is -0.0410. The van der Waals surface area contributed by atoms with E-state index in [9.17, 15) is 15.0 Å². The van der Waals surface area contributed by atoms with Gasteiger partial charge in [0, 0.05) is 15.2 Å². The number of aliphatic hydroxyl groups is 1. The summed E-state index contributed by atoms with van der Waals surface area (Å²) in [5.41, 5.74) is -0.833. The zero-order valence-electron chi connectivity index (χ0n) is 11.4. The fourth-order valence-corrected chi connectivity index (χ4v) is 3.14. The maximum atomic E-state index is 11.5. The Hall–Kier alpha value is -0.820. The molecule has 19 heavy (non-hydrogen) atoms. The molecule has 0 aliphatic rings. The largest absolute Gasteiger partial charge is 0.465 e. The molecule has 1 aromatic carbocycles. The summed E-state index contributed by atoms with van der Waals surface area (Å²) in [5, 5.41) is 20.4. The Labute approximate surface area is 127 Å². The van der Waals surface area contributed by atoms with E-state index in [1.165, 1.54) is 0 Å². The van der Waals surface area contributed by atoms with Crippen LogP contribution in [0.15, 0.2) is 24.3 Å². The first kappa shape index (κ1) is 16.2. The van der Waals surface area contributed by atoms with Crippen LogP contribution in [0.4, 0.5) is 4.79 Å². The molecule has 0 aliphatic carbocycles. The molecule has 106 valence electrons. The van der Waals surface area contributed by atoms with E-state index in [4.69, 9.17) is 0 Å². The van der Waals surface area contributed by atoms with Crippen LogP contribution in [0.3, 0.4) is 0 Å². The SMILES string of the molecule is CCC[C@](O)(c1ccccc1I)N(C(=O)O)C(C)C. The molecule has 0 saturated carbocycles. The molecular formula is C14H20INO3. The summed E-state index contributed by atoms with van der Waals surface area (Å²) in [7, 11) is 0. The van der Waals surface area contributed by atoms with Crippen molar-refractivity contribution in [2.24, 2.45) is 0 Å². The van der Waals surface area contributed by atoms with Gasteiger partial charge in [-0.2, -0.15) is 0 Å². The van der Waals surface area contributed by atoms with Gasteiger partial charge in [0.1, 0.15) is 0 Å². The Balaban J connectivity index is 3.38. The molecule has 1 amide bonds. The van der Waals surface area contributed by atoms with Gasteiger partial charge in [-0.25, -0.2) is 4.79 Å². The lowest BCUT2D eigenvalue weighted by molar-refractivity contribution is -0.118.